The van der Waals surface area contributed by atoms with Gasteiger partial charge < -0.3 is 0 Å². The molecule has 0 saturated carbocycles. The molecule has 6 heteroatoms. The SMILES string of the molecule is CCc1cccc(C)c1C=NNc1nc(-c2ccccc2)c(C#N)c(=O)[nH]1. The van der Waals surface area contributed by atoms with Gasteiger partial charge in [-0.1, -0.05) is 55.5 Å². The molecule has 0 aliphatic carbocycles. The molecule has 1 aromatic heterocycles. The molecule has 6 nitrogen and oxygen atoms in total. The number of nitrogens with one attached hydrogen (secondary N) is 2. The number of nitrogens with zero attached hydrogens (tertiary/aromatic N) is 3. The van der Waals surface area contributed by atoms with Gasteiger partial charge in [0.05, 0.1) is 11.9 Å². The molecule has 0 unspecified atom stereocenters. The number of aryl methyl sites for hydroxylation is 2. The second-order valence-electron chi connectivity index (χ2n) is 5.99. The Morgan fingerprint density at radius 1 is 1.22 bits per heavy atom. The van der Waals surface area contributed by atoms with E-state index in [9.17, 15) is 10.1 Å². The summed E-state index contributed by atoms with van der Waals surface area (Å²) in [6, 6.07) is 17.1. The van der Waals surface area contributed by atoms with Gasteiger partial charge in [-0.3, -0.25) is 9.78 Å². The second kappa shape index (κ2) is 8.11. The highest BCUT2D eigenvalue weighted by Crippen LogP contribution is 2.19. The number of hydrazone groups is 1. The van der Waals surface area contributed by atoms with Crippen molar-refractivity contribution in [2.45, 2.75) is 20.3 Å². The van der Waals surface area contributed by atoms with Gasteiger partial charge in [-0.05, 0) is 24.5 Å². The molecular formula is C21H19N5O. The maximum atomic E-state index is 12.2. The van der Waals surface area contributed by atoms with Gasteiger partial charge in [0.1, 0.15) is 11.6 Å². The Labute approximate surface area is 157 Å². The van der Waals surface area contributed by atoms with Gasteiger partial charge in [0.25, 0.3) is 5.56 Å². The summed E-state index contributed by atoms with van der Waals surface area (Å²) in [5.74, 6) is 0.181. The number of rotatable bonds is 5. The summed E-state index contributed by atoms with van der Waals surface area (Å²) in [5.41, 5.74) is 6.59. The van der Waals surface area contributed by atoms with Crippen LogP contribution in [0.2, 0.25) is 0 Å². The summed E-state index contributed by atoms with van der Waals surface area (Å²) in [7, 11) is 0. The minimum absolute atomic E-state index is 0.0251. The number of benzene rings is 2. The molecule has 27 heavy (non-hydrogen) atoms. The number of aromatic amines is 1. The minimum Gasteiger partial charge on any atom is -0.290 e. The highest BCUT2D eigenvalue weighted by Gasteiger charge is 2.12. The van der Waals surface area contributed by atoms with E-state index in [1.54, 1.807) is 18.3 Å². The fourth-order valence-corrected chi connectivity index (χ4v) is 2.83. The first kappa shape index (κ1) is 18.1. The lowest BCUT2D eigenvalue weighted by Gasteiger charge is -2.07. The summed E-state index contributed by atoms with van der Waals surface area (Å²) < 4.78 is 0. The molecule has 0 aliphatic heterocycles. The molecule has 0 saturated heterocycles. The zero-order valence-corrected chi connectivity index (χ0v) is 15.2. The van der Waals surface area contributed by atoms with E-state index < -0.39 is 5.56 Å². The van der Waals surface area contributed by atoms with Crippen molar-refractivity contribution < 1.29 is 0 Å². The van der Waals surface area contributed by atoms with Gasteiger partial charge >= 0.3 is 0 Å². The molecule has 0 fully saturated rings. The fourth-order valence-electron chi connectivity index (χ4n) is 2.83. The van der Waals surface area contributed by atoms with E-state index in [1.807, 2.05) is 43.3 Å². The van der Waals surface area contributed by atoms with Crippen LogP contribution in [0.4, 0.5) is 5.95 Å². The predicted octanol–water partition coefficient (Wildman–Crippen LogP) is 3.63. The lowest BCUT2D eigenvalue weighted by Crippen LogP contribution is -2.16. The van der Waals surface area contributed by atoms with Crippen molar-refractivity contribution in [3.8, 4) is 17.3 Å². The van der Waals surface area contributed by atoms with E-state index in [0.717, 1.165) is 17.5 Å². The predicted molar refractivity (Wildman–Crippen MR) is 107 cm³/mol. The van der Waals surface area contributed by atoms with Gasteiger partial charge in [-0.25, -0.2) is 10.4 Å². The third kappa shape index (κ3) is 3.93. The van der Waals surface area contributed by atoms with E-state index >= 15 is 0 Å². The average Bonchev–Trinajstić information content (AvgIpc) is 2.69. The van der Waals surface area contributed by atoms with E-state index in [2.05, 4.69) is 33.5 Å². The maximum Gasteiger partial charge on any atom is 0.270 e. The van der Waals surface area contributed by atoms with Crippen LogP contribution in [0.5, 0.6) is 0 Å². The summed E-state index contributed by atoms with van der Waals surface area (Å²) >= 11 is 0. The highest BCUT2D eigenvalue weighted by molar-refractivity contribution is 5.84. The lowest BCUT2D eigenvalue weighted by atomic mass is 10.0. The molecule has 0 spiro atoms. The Bertz CT molecular complexity index is 1080. The molecule has 2 aromatic carbocycles. The largest absolute Gasteiger partial charge is 0.290 e. The monoisotopic (exact) mass is 357 g/mol. The lowest BCUT2D eigenvalue weighted by molar-refractivity contribution is 1.07. The first-order chi connectivity index (χ1) is 13.1. The first-order valence-electron chi connectivity index (χ1n) is 8.61. The first-order valence-corrected chi connectivity index (χ1v) is 8.61. The van der Waals surface area contributed by atoms with E-state index in [4.69, 9.17) is 0 Å². The summed E-state index contributed by atoms with van der Waals surface area (Å²) in [6.45, 7) is 4.11. The normalized spacial score (nSPS) is 10.7. The summed E-state index contributed by atoms with van der Waals surface area (Å²) in [6.07, 6.45) is 2.61. The van der Waals surface area contributed by atoms with Crippen molar-refractivity contribution in [2.75, 3.05) is 5.43 Å². The minimum atomic E-state index is -0.505. The van der Waals surface area contributed by atoms with Crippen LogP contribution in [-0.4, -0.2) is 16.2 Å². The Hall–Kier alpha value is -3.72. The zero-order chi connectivity index (χ0) is 19.2. The zero-order valence-electron chi connectivity index (χ0n) is 15.2. The highest BCUT2D eigenvalue weighted by atomic mass is 16.1. The van der Waals surface area contributed by atoms with Crippen LogP contribution in [0.3, 0.4) is 0 Å². The van der Waals surface area contributed by atoms with Gasteiger partial charge in [0.2, 0.25) is 5.95 Å². The Balaban J connectivity index is 1.94. The fraction of sp³-hybridized carbons (Fsp3) is 0.143. The quantitative estimate of drug-likeness (QED) is 0.538. The molecule has 0 aliphatic rings. The standard InChI is InChI=1S/C21H19N5O/c1-3-15-11-7-8-14(2)18(15)13-23-26-21-24-19(16-9-5-4-6-10-16)17(12-22)20(27)25-21/h4-11,13H,3H2,1-2H3,(H2,24,25,26,27). The summed E-state index contributed by atoms with van der Waals surface area (Å²) in [5, 5.41) is 13.5. The van der Waals surface area contributed by atoms with Crippen molar-refractivity contribution in [1.29, 1.82) is 5.26 Å². The van der Waals surface area contributed by atoms with Gasteiger partial charge in [-0.15, -0.1) is 0 Å². The molecule has 3 aromatic rings. The number of H-pyrrole nitrogens is 1. The third-order valence-electron chi connectivity index (χ3n) is 4.24. The Morgan fingerprint density at radius 3 is 2.70 bits per heavy atom. The Morgan fingerprint density at radius 2 is 2.00 bits per heavy atom. The molecule has 0 amide bonds. The molecule has 0 bridgehead atoms. The van der Waals surface area contributed by atoms with Gasteiger partial charge in [-0.2, -0.15) is 10.4 Å². The Kier molecular flexibility index (Phi) is 5.43. The second-order valence-corrected chi connectivity index (χ2v) is 5.99. The van der Waals surface area contributed by atoms with Crippen molar-refractivity contribution in [3.63, 3.8) is 0 Å². The number of aromatic nitrogens is 2. The van der Waals surface area contributed by atoms with Crippen LogP contribution in [0.15, 0.2) is 58.4 Å². The van der Waals surface area contributed by atoms with Crippen molar-refractivity contribution in [3.05, 3.63) is 81.1 Å². The van der Waals surface area contributed by atoms with Crippen molar-refractivity contribution in [1.82, 2.24) is 9.97 Å². The van der Waals surface area contributed by atoms with E-state index in [-0.39, 0.29) is 11.5 Å². The van der Waals surface area contributed by atoms with Crippen LogP contribution < -0.4 is 11.0 Å². The molecule has 0 radical (unpaired) electrons. The van der Waals surface area contributed by atoms with Crippen molar-refractivity contribution in [2.24, 2.45) is 5.10 Å². The third-order valence-corrected chi connectivity index (χ3v) is 4.24. The number of anilines is 1. The van der Waals surface area contributed by atoms with Crippen LogP contribution in [0, 0.1) is 18.3 Å². The molecule has 134 valence electrons. The van der Waals surface area contributed by atoms with Crippen LogP contribution >= 0.6 is 0 Å². The van der Waals surface area contributed by atoms with Crippen LogP contribution in [0.25, 0.3) is 11.3 Å². The molecule has 1 heterocycles. The number of hydrogen-bond acceptors (Lipinski definition) is 5. The summed E-state index contributed by atoms with van der Waals surface area (Å²) in [4.78, 5) is 19.2. The molecular weight excluding hydrogens is 338 g/mol. The van der Waals surface area contributed by atoms with Crippen LogP contribution in [-0.2, 0) is 6.42 Å². The van der Waals surface area contributed by atoms with Crippen LogP contribution in [0.1, 0.15) is 29.2 Å². The molecule has 0 atom stereocenters. The molecule has 3 rings (SSSR count). The van der Waals surface area contributed by atoms with E-state index in [0.29, 0.717) is 11.3 Å². The number of hydrogen-bond donors (Lipinski definition) is 2. The van der Waals surface area contributed by atoms with E-state index in [1.165, 1.54) is 5.56 Å². The molecule has 2 N–H and O–H groups in total. The maximum absolute atomic E-state index is 12.2. The van der Waals surface area contributed by atoms with Gasteiger partial charge in [0, 0.05) is 11.1 Å². The smallest absolute Gasteiger partial charge is 0.270 e. The van der Waals surface area contributed by atoms with Crippen molar-refractivity contribution >= 4 is 12.2 Å². The van der Waals surface area contributed by atoms with Gasteiger partial charge in [0.15, 0.2) is 0 Å². The topological polar surface area (TPSA) is 93.9 Å². The number of nitriles is 1. The average molecular weight is 357 g/mol.